The second kappa shape index (κ2) is 6.82. The highest BCUT2D eigenvalue weighted by molar-refractivity contribution is 7.11. The molecule has 2 unspecified atom stereocenters. The van der Waals surface area contributed by atoms with E-state index in [1.807, 2.05) is 0 Å². The maximum absolute atomic E-state index is 5.89. The number of nitrogens with zero attached hydrogens (tertiary/aromatic N) is 1. The van der Waals surface area contributed by atoms with Crippen LogP contribution in [0.1, 0.15) is 55.7 Å². The SMILES string of the molecule is Cc1nc(C)c(C(C)NCC(CN)CC(C)(C)C)s1. The largest absolute Gasteiger partial charge is 0.330 e. The summed E-state index contributed by atoms with van der Waals surface area (Å²) in [5.41, 5.74) is 7.38. The molecule has 0 aliphatic carbocycles. The Bertz CT molecular complexity index is 393. The molecule has 0 saturated heterocycles. The molecule has 0 spiro atoms. The van der Waals surface area contributed by atoms with Gasteiger partial charge in [0.2, 0.25) is 0 Å². The summed E-state index contributed by atoms with van der Waals surface area (Å²) in [6.45, 7) is 14.9. The molecule has 0 fully saturated rings. The summed E-state index contributed by atoms with van der Waals surface area (Å²) in [5, 5.41) is 4.76. The van der Waals surface area contributed by atoms with E-state index >= 15 is 0 Å². The minimum Gasteiger partial charge on any atom is -0.330 e. The fourth-order valence-electron chi connectivity index (χ4n) is 2.49. The van der Waals surface area contributed by atoms with Gasteiger partial charge in [-0.2, -0.15) is 0 Å². The van der Waals surface area contributed by atoms with Crippen molar-refractivity contribution >= 4 is 11.3 Å². The summed E-state index contributed by atoms with van der Waals surface area (Å²) in [7, 11) is 0. The van der Waals surface area contributed by atoms with E-state index in [1.54, 1.807) is 11.3 Å². The third kappa shape index (κ3) is 5.59. The van der Waals surface area contributed by atoms with Gasteiger partial charge in [-0.3, -0.25) is 0 Å². The Kier molecular flexibility index (Phi) is 5.96. The summed E-state index contributed by atoms with van der Waals surface area (Å²) in [4.78, 5) is 5.84. The topological polar surface area (TPSA) is 50.9 Å². The average Bonchev–Trinajstić information content (AvgIpc) is 2.62. The molecule has 19 heavy (non-hydrogen) atoms. The first-order chi connectivity index (χ1) is 8.73. The summed E-state index contributed by atoms with van der Waals surface area (Å²) < 4.78 is 0. The van der Waals surface area contributed by atoms with Crippen molar-refractivity contribution in [2.75, 3.05) is 13.1 Å². The Morgan fingerprint density at radius 2 is 1.95 bits per heavy atom. The summed E-state index contributed by atoms with van der Waals surface area (Å²) in [5.74, 6) is 0.539. The lowest BCUT2D eigenvalue weighted by molar-refractivity contribution is 0.285. The molecule has 0 aliphatic rings. The van der Waals surface area contributed by atoms with E-state index in [4.69, 9.17) is 5.73 Å². The van der Waals surface area contributed by atoms with Crippen LogP contribution in [0.5, 0.6) is 0 Å². The van der Waals surface area contributed by atoms with Gasteiger partial charge in [0.25, 0.3) is 0 Å². The minimum absolute atomic E-state index is 0.339. The van der Waals surface area contributed by atoms with Gasteiger partial charge in [0.15, 0.2) is 0 Å². The van der Waals surface area contributed by atoms with Crippen molar-refractivity contribution in [3.05, 3.63) is 15.6 Å². The van der Waals surface area contributed by atoms with Gasteiger partial charge in [-0.15, -0.1) is 11.3 Å². The Morgan fingerprint density at radius 1 is 1.32 bits per heavy atom. The maximum atomic E-state index is 5.89. The van der Waals surface area contributed by atoms with Crippen LogP contribution in [-0.4, -0.2) is 18.1 Å². The van der Waals surface area contributed by atoms with Gasteiger partial charge in [0, 0.05) is 10.9 Å². The van der Waals surface area contributed by atoms with Crippen molar-refractivity contribution < 1.29 is 0 Å². The second-order valence-corrected chi connectivity index (χ2v) is 7.91. The Labute approximate surface area is 122 Å². The first-order valence-electron chi connectivity index (χ1n) is 7.10. The van der Waals surface area contributed by atoms with Crippen LogP contribution < -0.4 is 11.1 Å². The molecule has 0 saturated carbocycles. The van der Waals surface area contributed by atoms with Crippen LogP contribution >= 0.6 is 11.3 Å². The zero-order valence-corrected chi connectivity index (χ0v) is 14.0. The zero-order valence-electron chi connectivity index (χ0n) is 13.2. The molecule has 4 heteroatoms. The molecular weight excluding hydrogens is 254 g/mol. The Morgan fingerprint density at radius 3 is 2.37 bits per heavy atom. The van der Waals surface area contributed by atoms with Crippen LogP contribution in [0.25, 0.3) is 0 Å². The number of nitrogens with one attached hydrogen (secondary N) is 1. The molecule has 0 amide bonds. The van der Waals surface area contributed by atoms with E-state index in [-0.39, 0.29) is 0 Å². The summed E-state index contributed by atoms with van der Waals surface area (Å²) in [6, 6.07) is 0.361. The zero-order chi connectivity index (χ0) is 14.6. The van der Waals surface area contributed by atoms with Gasteiger partial charge in [-0.1, -0.05) is 20.8 Å². The maximum Gasteiger partial charge on any atom is 0.0900 e. The summed E-state index contributed by atoms with van der Waals surface area (Å²) in [6.07, 6.45) is 1.16. The highest BCUT2D eigenvalue weighted by Crippen LogP contribution is 2.26. The van der Waals surface area contributed by atoms with E-state index in [1.165, 1.54) is 4.88 Å². The van der Waals surface area contributed by atoms with Gasteiger partial charge in [0.1, 0.15) is 0 Å². The number of aryl methyl sites for hydroxylation is 2. The highest BCUT2D eigenvalue weighted by atomic mass is 32.1. The van der Waals surface area contributed by atoms with E-state index in [0.717, 1.165) is 30.2 Å². The second-order valence-electron chi connectivity index (χ2n) is 6.68. The number of hydrogen-bond acceptors (Lipinski definition) is 4. The van der Waals surface area contributed by atoms with Crippen molar-refractivity contribution in [3.63, 3.8) is 0 Å². The van der Waals surface area contributed by atoms with Crippen molar-refractivity contribution in [3.8, 4) is 0 Å². The lowest BCUT2D eigenvalue weighted by atomic mass is 9.84. The fourth-order valence-corrected chi connectivity index (χ4v) is 3.44. The van der Waals surface area contributed by atoms with Crippen molar-refractivity contribution in [2.24, 2.45) is 17.1 Å². The van der Waals surface area contributed by atoms with E-state index in [0.29, 0.717) is 17.4 Å². The minimum atomic E-state index is 0.339. The highest BCUT2D eigenvalue weighted by Gasteiger charge is 2.19. The third-order valence-electron chi connectivity index (χ3n) is 3.28. The molecule has 0 bridgehead atoms. The van der Waals surface area contributed by atoms with Crippen LogP contribution in [-0.2, 0) is 0 Å². The number of hydrogen-bond donors (Lipinski definition) is 2. The van der Waals surface area contributed by atoms with Gasteiger partial charge in [0.05, 0.1) is 10.7 Å². The quantitative estimate of drug-likeness (QED) is 0.841. The van der Waals surface area contributed by atoms with Crippen LogP contribution in [0, 0.1) is 25.2 Å². The standard InChI is InChI=1S/C15H29N3S/c1-10(14-11(2)18-12(3)19-14)17-9-13(8-16)7-15(4,5)6/h10,13,17H,7-9,16H2,1-6H3. The fraction of sp³-hybridized carbons (Fsp3) is 0.800. The van der Waals surface area contributed by atoms with Gasteiger partial charge < -0.3 is 11.1 Å². The van der Waals surface area contributed by atoms with Crippen LogP contribution in [0.15, 0.2) is 0 Å². The first-order valence-corrected chi connectivity index (χ1v) is 7.92. The molecule has 0 radical (unpaired) electrons. The molecule has 3 nitrogen and oxygen atoms in total. The molecular formula is C15H29N3S. The number of thiazole rings is 1. The monoisotopic (exact) mass is 283 g/mol. The van der Waals surface area contributed by atoms with E-state index in [9.17, 15) is 0 Å². The predicted octanol–water partition coefficient (Wildman–Crippen LogP) is 3.42. The first kappa shape index (κ1) is 16.6. The van der Waals surface area contributed by atoms with Crippen molar-refractivity contribution in [2.45, 2.75) is 54.0 Å². The molecule has 1 rings (SSSR count). The average molecular weight is 283 g/mol. The van der Waals surface area contributed by atoms with Crippen molar-refractivity contribution in [1.29, 1.82) is 0 Å². The van der Waals surface area contributed by atoms with Crippen LogP contribution in [0.3, 0.4) is 0 Å². The summed E-state index contributed by atoms with van der Waals surface area (Å²) >= 11 is 1.79. The van der Waals surface area contributed by atoms with Gasteiger partial charge in [-0.05, 0) is 51.6 Å². The number of rotatable bonds is 6. The van der Waals surface area contributed by atoms with E-state index < -0.39 is 0 Å². The normalized spacial score (nSPS) is 15.5. The molecule has 1 aromatic rings. The number of nitrogens with two attached hydrogens (primary N) is 1. The Balaban J connectivity index is 2.53. The molecule has 2 atom stereocenters. The van der Waals surface area contributed by atoms with Crippen molar-refractivity contribution in [1.82, 2.24) is 10.3 Å². The molecule has 3 N–H and O–H groups in total. The third-order valence-corrected chi connectivity index (χ3v) is 4.54. The lowest BCUT2D eigenvalue weighted by Gasteiger charge is -2.26. The number of aromatic nitrogens is 1. The lowest BCUT2D eigenvalue weighted by Crippen LogP contribution is -2.32. The molecule has 1 aromatic heterocycles. The molecule has 0 aromatic carbocycles. The van der Waals surface area contributed by atoms with Gasteiger partial charge in [-0.25, -0.2) is 4.98 Å². The van der Waals surface area contributed by atoms with Crippen LogP contribution in [0.2, 0.25) is 0 Å². The van der Waals surface area contributed by atoms with Crippen LogP contribution in [0.4, 0.5) is 0 Å². The van der Waals surface area contributed by atoms with E-state index in [2.05, 4.69) is 51.8 Å². The molecule has 1 heterocycles. The predicted molar refractivity (Wildman–Crippen MR) is 84.6 cm³/mol. The molecule has 110 valence electrons. The smallest absolute Gasteiger partial charge is 0.0900 e. The molecule has 0 aliphatic heterocycles. The Hall–Kier alpha value is -0.450. The van der Waals surface area contributed by atoms with Gasteiger partial charge >= 0.3 is 0 Å².